The molecule has 0 saturated carbocycles. The third-order valence-corrected chi connectivity index (χ3v) is 6.32. The van der Waals surface area contributed by atoms with Crippen molar-refractivity contribution in [2.45, 2.75) is 31.7 Å². The number of rotatable bonds is 5. The number of piperidine rings is 1. The lowest BCUT2D eigenvalue weighted by Crippen LogP contribution is -2.47. The van der Waals surface area contributed by atoms with Crippen molar-refractivity contribution in [2.75, 3.05) is 23.3 Å². The first-order valence-electron chi connectivity index (χ1n) is 10.9. The number of carbonyl (C=O) groups excluding carboxylic acids is 1. The fourth-order valence-corrected chi connectivity index (χ4v) is 4.86. The molecule has 0 unspecified atom stereocenters. The molecule has 6 heteroatoms. The number of pyridine rings is 2. The van der Waals surface area contributed by atoms with Crippen LogP contribution in [0, 0.1) is 5.92 Å². The van der Waals surface area contributed by atoms with Crippen LogP contribution in [0.1, 0.15) is 30.0 Å². The summed E-state index contributed by atoms with van der Waals surface area (Å²) in [6.45, 7) is 2.53. The van der Waals surface area contributed by atoms with Gasteiger partial charge in [-0.15, -0.1) is 0 Å². The molecule has 1 amide bonds. The molecule has 1 N–H and O–H groups in total. The van der Waals surface area contributed by atoms with Crippen LogP contribution in [0.2, 0.25) is 0 Å². The molecule has 2 atom stereocenters. The van der Waals surface area contributed by atoms with Crippen molar-refractivity contribution in [2.24, 2.45) is 5.92 Å². The van der Waals surface area contributed by atoms with Gasteiger partial charge in [-0.25, -0.2) is 4.98 Å². The van der Waals surface area contributed by atoms with E-state index in [1.807, 2.05) is 53.1 Å². The highest BCUT2D eigenvalue weighted by atomic mass is 16.1. The van der Waals surface area contributed by atoms with Crippen LogP contribution in [0.25, 0.3) is 0 Å². The Bertz CT molecular complexity index is 1120. The van der Waals surface area contributed by atoms with Crippen LogP contribution >= 0.6 is 0 Å². The zero-order valence-corrected chi connectivity index (χ0v) is 17.4. The second-order valence-corrected chi connectivity index (χ2v) is 8.54. The molecule has 0 radical (unpaired) electrons. The highest BCUT2D eigenvalue weighted by molar-refractivity contribution is 5.90. The number of hydrogen-bond donors (Lipinski definition) is 1. The van der Waals surface area contributed by atoms with Gasteiger partial charge >= 0.3 is 0 Å². The van der Waals surface area contributed by atoms with E-state index in [2.05, 4.69) is 21.3 Å². The third-order valence-electron chi connectivity index (χ3n) is 6.32. The molecule has 4 heterocycles. The van der Waals surface area contributed by atoms with Gasteiger partial charge in [0.1, 0.15) is 5.82 Å². The Morgan fingerprint density at radius 2 is 1.87 bits per heavy atom. The Morgan fingerprint density at radius 3 is 2.68 bits per heavy atom. The van der Waals surface area contributed by atoms with Crippen molar-refractivity contribution in [3.05, 3.63) is 88.5 Å². The van der Waals surface area contributed by atoms with Crippen LogP contribution in [-0.2, 0) is 17.8 Å². The van der Waals surface area contributed by atoms with Gasteiger partial charge in [0.25, 0.3) is 5.56 Å². The molecule has 2 aliphatic heterocycles. The molecule has 0 aliphatic carbocycles. The van der Waals surface area contributed by atoms with Crippen LogP contribution in [-0.4, -0.2) is 28.5 Å². The number of fused-ring (bicyclic) bond motifs is 4. The van der Waals surface area contributed by atoms with E-state index >= 15 is 0 Å². The van der Waals surface area contributed by atoms with E-state index < -0.39 is 0 Å². The maximum absolute atomic E-state index is 12.3. The van der Waals surface area contributed by atoms with Crippen molar-refractivity contribution in [1.29, 1.82) is 0 Å². The summed E-state index contributed by atoms with van der Waals surface area (Å²) >= 11 is 0. The normalized spacial score (nSPS) is 19.5. The van der Waals surface area contributed by atoms with Gasteiger partial charge in [0.15, 0.2) is 0 Å². The number of aromatic nitrogens is 2. The molecule has 2 aromatic heterocycles. The standard InChI is InChI=1S/C25H26N4O2/c30-24(12-9-18-5-2-1-3-6-18)27-21-10-11-23(26-14-21)28-15-19-13-20(17-28)22-7-4-8-25(31)29(22)16-19/h1-8,10-11,14,19-20H,9,12-13,15-17H2,(H,27,30)/t19-,20-/m0/s1. The van der Waals surface area contributed by atoms with Gasteiger partial charge in [-0.2, -0.15) is 0 Å². The van der Waals surface area contributed by atoms with Gasteiger partial charge < -0.3 is 14.8 Å². The molecular formula is C25H26N4O2. The number of nitrogens with one attached hydrogen (secondary N) is 1. The van der Waals surface area contributed by atoms with Crippen LogP contribution < -0.4 is 15.8 Å². The molecule has 1 saturated heterocycles. The summed E-state index contributed by atoms with van der Waals surface area (Å²) in [5.74, 6) is 1.71. The molecule has 5 rings (SSSR count). The Kier molecular flexibility index (Phi) is 5.28. The molecule has 0 spiro atoms. The molecular weight excluding hydrogens is 388 g/mol. The van der Waals surface area contributed by atoms with Crippen LogP contribution in [0.3, 0.4) is 0 Å². The lowest BCUT2D eigenvalue weighted by molar-refractivity contribution is -0.116. The minimum Gasteiger partial charge on any atom is -0.356 e. The SMILES string of the molecule is O=C(CCc1ccccc1)Nc1ccc(N2C[C@@H]3C[C@@H](C2)c2cccc(=O)n2C3)nc1. The van der Waals surface area contributed by atoms with E-state index in [0.29, 0.717) is 18.3 Å². The topological polar surface area (TPSA) is 67.2 Å². The minimum absolute atomic E-state index is 0.00652. The van der Waals surface area contributed by atoms with Crippen molar-refractivity contribution in [3.63, 3.8) is 0 Å². The maximum atomic E-state index is 12.3. The minimum atomic E-state index is -0.00652. The summed E-state index contributed by atoms with van der Waals surface area (Å²) in [6, 6.07) is 19.5. The van der Waals surface area contributed by atoms with E-state index in [9.17, 15) is 9.59 Å². The molecule has 2 bridgehead atoms. The Hall–Kier alpha value is -3.41. The second-order valence-electron chi connectivity index (χ2n) is 8.54. The molecule has 1 aromatic carbocycles. The van der Waals surface area contributed by atoms with Crippen molar-refractivity contribution < 1.29 is 4.79 Å². The summed E-state index contributed by atoms with van der Waals surface area (Å²) in [4.78, 5) is 31.4. The third kappa shape index (κ3) is 4.24. The van der Waals surface area contributed by atoms with Gasteiger partial charge in [-0.05, 0) is 42.5 Å². The summed E-state index contributed by atoms with van der Waals surface area (Å²) in [5, 5.41) is 2.94. The summed E-state index contributed by atoms with van der Waals surface area (Å²) in [5.41, 5.74) is 3.11. The molecule has 6 nitrogen and oxygen atoms in total. The van der Waals surface area contributed by atoms with Crippen LogP contribution in [0.5, 0.6) is 0 Å². The lowest BCUT2D eigenvalue weighted by Gasteiger charge is -2.43. The van der Waals surface area contributed by atoms with E-state index in [0.717, 1.165) is 55.2 Å². The zero-order valence-electron chi connectivity index (χ0n) is 17.4. The monoisotopic (exact) mass is 414 g/mol. The first kappa shape index (κ1) is 19.5. The number of carbonyl (C=O) groups is 1. The summed E-state index contributed by atoms with van der Waals surface area (Å²) in [7, 11) is 0. The fourth-order valence-electron chi connectivity index (χ4n) is 4.86. The number of aryl methyl sites for hydroxylation is 1. The number of benzene rings is 1. The predicted molar refractivity (Wildman–Crippen MR) is 121 cm³/mol. The Morgan fingerprint density at radius 1 is 1.00 bits per heavy atom. The number of anilines is 2. The van der Waals surface area contributed by atoms with Gasteiger partial charge in [0, 0.05) is 43.7 Å². The Labute approximate surface area is 181 Å². The van der Waals surface area contributed by atoms with Crippen molar-refractivity contribution >= 4 is 17.4 Å². The molecule has 2 aliphatic rings. The highest BCUT2D eigenvalue weighted by Gasteiger charge is 2.34. The zero-order chi connectivity index (χ0) is 21.2. The first-order chi connectivity index (χ1) is 15.2. The van der Waals surface area contributed by atoms with Gasteiger partial charge in [0.05, 0.1) is 11.9 Å². The lowest BCUT2D eigenvalue weighted by atomic mass is 9.83. The molecule has 31 heavy (non-hydrogen) atoms. The molecule has 3 aromatic rings. The smallest absolute Gasteiger partial charge is 0.250 e. The second kappa shape index (κ2) is 8.38. The van der Waals surface area contributed by atoms with Gasteiger partial charge in [0.2, 0.25) is 5.91 Å². The number of nitrogens with zero attached hydrogens (tertiary/aromatic N) is 3. The molecule has 158 valence electrons. The fraction of sp³-hybridized carbons (Fsp3) is 0.320. The summed E-state index contributed by atoms with van der Waals surface area (Å²) < 4.78 is 1.94. The number of hydrogen-bond acceptors (Lipinski definition) is 4. The van der Waals surface area contributed by atoms with E-state index in [-0.39, 0.29) is 11.5 Å². The average molecular weight is 415 g/mol. The van der Waals surface area contributed by atoms with Crippen molar-refractivity contribution in [1.82, 2.24) is 9.55 Å². The maximum Gasteiger partial charge on any atom is 0.250 e. The number of amides is 1. The Balaban J connectivity index is 1.22. The quantitative estimate of drug-likeness (QED) is 0.695. The first-order valence-corrected chi connectivity index (χ1v) is 10.9. The van der Waals surface area contributed by atoms with E-state index in [1.165, 1.54) is 0 Å². The largest absolute Gasteiger partial charge is 0.356 e. The van der Waals surface area contributed by atoms with E-state index in [1.54, 1.807) is 12.3 Å². The van der Waals surface area contributed by atoms with Gasteiger partial charge in [-0.1, -0.05) is 36.4 Å². The van der Waals surface area contributed by atoms with Crippen LogP contribution in [0.4, 0.5) is 11.5 Å². The van der Waals surface area contributed by atoms with Crippen molar-refractivity contribution in [3.8, 4) is 0 Å². The molecule has 1 fully saturated rings. The van der Waals surface area contributed by atoms with Gasteiger partial charge in [-0.3, -0.25) is 9.59 Å². The summed E-state index contributed by atoms with van der Waals surface area (Å²) in [6.07, 6.45) is 4.02. The van der Waals surface area contributed by atoms with Crippen LogP contribution in [0.15, 0.2) is 71.7 Å². The highest BCUT2D eigenvalue weighted by Crippen LogP contribution is 2.36. The average Bonchev–Trinajstić information content (AvgIpc) is 2.80. The van der Waals surface area contributed by atoms with E-state index in [4.69, 9.17) is 0 Å². The predicted octanol–water partition coefficient (Wildman–Crippen LogP) is 3.44.